The summed E-state index contributed by atoms with van der Waals surface area (Å²) in [7, 11) is -6.00. The summed E-state index contributed by atoms with van der Waals surface area (Å²) in [6, 6.07) is 5.77. The van der Waals surface area contributed by atoms with Crippen molar-refractivity contribution >= 4 is 18.9 Å². The Balaban J connectivity index is 0.000000385. The molecule has 0 fully saturated rings. The first-order chi connectivity index (χ1) is 7.33. The van der Waals surface area contributed by atoms with Crippen LogP contribution in [-0.4, -0.2) is 24.3 Å². The molecular weight excluding hydrogens is 248 g/mol. The molecule has 1 atom stereocenters. The molecule has 0 aliphatic heterocycles. The smallest absolute Gasteiger partial charge is 0.418 e. The molecule has 0 aliphatic carbocycles. The number of halogens is 5. The summed E-state index contributed by atoms with van der Waals surface area (Å²) in [6.45, 7) is 0.560. The molecule has 1 heterocycles. The van der Waals surface area contributed by atoms with Crippen molar-refractivity contribution in [3.8, 4) is 0 Å². The van der Waals surface area contributed by atoms with Crippen LogP contribution < -0.4 is 4.57 Å². The molecule has 1 rings (SSSR count). The van der Waals surface area contributed by atoms with Gasteiger partial charge < -0.3 is 22.4 Å². The molecule has 8 heteroatoms. The van der Waals surface area contributed by atoms with E-state index in [9.17, 15) is 17.3 Å². The van der Waals surface area contributed by atoms with E-state index in [0.29, 0.717) is 6.54 Å². The highest BCUT2D eigenvalue weighted by Crippen LogP contribution is 2.06. The molecule has 0 radical (unpaired) electrons. The number of hydrogen-bond acceptors (Lipinski definition) is 1. The van der Waals surface area contributed by atoms with Crippen LogP contribution in [0.3, 0.4) is 0 Å². The molecule has 0 saturated carbocycles. The fraction of sp³-hybridized carbons (Fsp3) is 0.375. The third-order valence-electron chi connectivity index (χ3n) is 1.38. The minimum absolute atomic E-state index is 0.280. The number of aliphatic hydroxyl groups is 1. The molecule has 1 aromatic heterocycles. The zero-order chi connectivity index (χ0) is 12.6. The molecule has 1 aromatic rings. The van der Waals surface area contributed by atoms with Gasteiger partial charge >= 0.3 is 7.25 Å². The first-order valence-electron chi connectivity index (χ1n) is 4.38. The largest absolute Gasteiger partial charge is 0.673 e. The third kappa shape index (κ3) is 11.3. The molecule has 0 bridgehead atoms. The van der Waals surface area contributed by atoms with E-state index in [4.69, 9.17) is 16.7 Å². The van der Waals surface area contributed by atoms with E-state index in [2.05, 4.69) is 0 Å². The maximum absolute atomic E-state index is 9.75. The van der Waals surface area contributed by atoms with Gasteiger partial charge in [-0.2, -0.15) is 0 Å². The number of rotatable bonds is 3. The summed E-state index contributed by atoms with van der Waals surface area (Å²) in [4.78, 5) is 0. The molecule has 1 N–H and O–H groups in total. The molecule has 0 aliphatic rings. The Kier molecular flexibility index (Phi) is 7.08. The monoisotopic (exact) mass is 259 g/mol. The van der Waals surface area contributed by atoms with E-state index < -0.39 is 13.4 Å². The van der Waals surface area contributed by atoms with Crippen molar-refractivity contribution in [2.24, 2.45) is 0 Å². The highest BCUT2D eigenvalue weighted by molar-refractivity contribution is 6.50. The standard InChI is InChI=1S/C8H11ClNO.BF4/c9-6-8(11)7-10-4-2-1-3-5-10;2-1(3,4)5/h1-5,8,11H,6-7H2;/q+1;-1. The second-order valence-electron chi connectivity index (χ2n) is 2.88. The zero-order valence-electron chi connectivity index (χ0n) is 8.24. The fourth-order valence-corrected chi connectivity index (χ4v) is 0.946. The van der Waals surface area contributed by atoms with Crippen molar-refractivity contribution in [3.63, 3.8) is 0 Å². The zero-order valence-corrected chi connectivity index (χ0v) is 9.00. The van der Waals surface area contributed by atoms with E-state index in [1.54, 1.807) is 0 Å². The van der Waals surface area contributed by atoms with E-state index in [1.807, 2.05) is 35.2 Å². The molecule has 92 valence electrons. The summed E-state index contributed by atoms with van der Waals surface area (Å²) in [5, 5.41) is 9.16. The normalized spacial score (nSPS) is 12.6. The van der Waals surface area contributed by atoms with Crippen LogP contribution in [-0.2, 0) is 6.54 Å². The average Bonchev–Trinajstić information content (AvgIpc) is 2.16. The van der Waals surface area contributed by atoms with Crippen molar-refractivity contribution in [2.75, 3.05) is 5.88 Å². The Morgan fingerprint density at radius 3 is 1.94 bits per heavy atom. The molecule has 0 amide bonds. The highest BCUT2D eigenvalue weighted by atomic mass is 35.5. The summed E-state index contributed by atoms with van der Waals surface area (Å²) in [5.41, 5.74) is 0. The van der Waals surface area contributed by atoms with Crippen LogP contribution in [0.5, 0.6) is 0 Å². The molecule has 2 nitrogen and oxygen atoms in total. The number of aromatic nitrogens is 1. The Labute approximate surface area is 95.6 Å². The predicted octanol–water partition coefficient (Wildman–Crippen LogP) is 1.87. The van der Waals surface area contributed by atoms with Crippen LogP contribution >= 0.6 is 11.6 Å². The van der Waals surface area contributed by atoms with E-state index in [1.165, 1.54) is 0 Å². The van der Waals surface area contributed by atoms with Crippen LogP contribution in [0.2, 0.25) is 0 Å². The summed E-state index contributed by atoms with van der Waals surface area (Å²) in [6.07, 6.45) is 3.34. The highest BCUT2D eigenvalue weighted by Gasteiger charge is 2.20. The van der Waals surface area contributed by atoms with Gasteiger partial charge in [0.15, 0.2) is 18.9 Å². The molecule has 0 saturated heterocycles. The second-order valence-corrected chi connectivity index (χ2v) is 3.18. The molecule has 0 aromatic carbocycles. The predicted molar refractivity (Wildman–Crippen MR) is 53.5 cm³/mol. The van der Waals surface area contributed by atoms with E-state index in [-0.39, 0.29) is 5.88 Å². The van der Waals surface area contributed by atoms with Crippen LogP contribution in [0.1, 0.15) is 0 Å². The van der Waals surface area contributed by atoms with Gasteiger partial charge in [-0.1, -0.05) is 6.07 Å². The number of pyridine rings is 1. The van der Waals surface area contributed by atoms with Gasteiger partial charge in [0.05, 0.1) is 5.88 Å². The maximum atomic E-state index is 9.75. The number of aliphatic hydroxyl groups excluding tert-OH is 1. The molecule has 1 unspecified atom stereocenters. The topological polar surface area (TPSA) is 24.1 Å². The van der Waals surface area contributed by atoms with Gasteiger partial charge in [-0.15, -0.1) is 11.6 Å². The van der Waals surface area contributed by atoms with Crippen molar-refractivity contribution in [1.29, 1.82) is 0 Å². The number of hydrogen-bond donors (Lipinski definition) is 1. The Hall–Kier alpha value is -0.815. The lowest BCUT2D eigenvalue weighted by Gasteiger charge is -2.00. The van der Waals surface area contributed by atoms with Gasteiger partial charge in [0.25, 0.3) is 0 Å². The van der Waals surface area contributed by atoms with E-state index >= 15 is 0 Å². The van der Waals surface area contributed by atoms with Crippen molar-refractivity contribution in [1.82, 2.24) is 0 Å². The first-order valence-corrected chi connectivity index (χ1v) is 4.92. The van der Waals surface area contributed by atoms with Gasteiger partial charge in [0, 0.05) is 12.1 Å². The van der Waals surface area contributed by atoms with Crippen LogP contribution in [0.4, 0.5) is 17.3 Å². The van der Waals surface area contributed by atoms with Gasteiger partial charge in [-0.3, -0.25) is 0 Å². The van der Waals surface area contributed by atoms with Crippen LogP contribution in [0.25, 0.3) is 0 Å². The SMILES string of the molecule is F[B-](F)(F)F.OC(CCl)C[n+]1ccccc1. The average molecular weight is 259 g/mol. The summed E-state index contributed by atoms with van der Waals surface area (Å²) >= 11 is 5.44. The molecule has 16 heavy (non-hydrogen) atoms. The Morgan fingerprint density at radius 1 is 1.12 bits per heavy atom. The Morgan fingerprint density at radius 2 is 1.56 bits per heavy atom. The van der Waals surface area contributed by atoms with Gasteiger partial charge in [0.1, 0.15) is 6.10 Å². The summed E-state index contributed by atoms with van der Waals surface area (Å²) in [5.74, 6) is 0.280. The molecular formula is C8H11BClF4NO. The fourth-order valence-electron chi connectivity index (χ4n) is 0.848. The van der Waals surface area contributed by atoms with Gasteiger partial charge in [0.2, 0.25) is 0 Å². The quantitative estimate of drug-likeness (QED) is 0.381. The van der Waals surface area contributed by atoms with Crippen LogP contribution in [0, 0.1) is 0 Å². The first kappa shape index (κ1) is 15.2. The molecule has 0 spiro atoms. The lowest BCUT2D eigenvalue weighted by molar-refractivity contribution is -0.703. The lowest BCUT2D eigenvalue weighted by atomic mass is 10.3. The van der Waals surface area contributed by atoms with Gasteiger partial charge in [-0.25, -0.2) is 4.57 Å². The maximum Gasteiger partial charge on any atom is 0.673 e. The Bertz CT molecular complexity index is 279. The van der Waals surface area contributed by atoms with Crippen LogP contribution in [0.15, 0.2) is 30.6 Å². The van der Waals surface area contributed by atoms with E-state index in [0.717, 1.165) is 0 Å². The number of nitrogens with zero attached hydrogens (tertiary/aromatic N) is 1. The second kappa shape index (κ2) is 7.46. The van der Waals surface area contributed by atoms with Crippen molar-refractivity contribution in [3.05, 3.63) is 30.6 Å². The lowest BCUT2D eigenvalue weighted by Crippen LogP contribution is -2.39. The third-order valence-corrected chi connectivity index (χ3v) is 1.73. The van der Waals surface area contributed by atoms with Crippen molar-refractivity contribution < 1.29 is 26.9 Å². The minimum Gasteiger partial charge on any atom is -0.418 e. The number of alkyl halides is 1. The summed E-state index contributed by atoms with van der Waals surface area (Å²) < 4.78 is 40.9. The van der Waals surface area contributed by atoms with Gasteiger partial charge in [-0.05, 0) is 0 Å². The minimum atomic E-state index is -6.00. The van der Waals surface area contributed by atoms with Crippen molar-refractivity contribution in [2.45, 2.75) is 12.6 Å².